The average molecular weight is 456 g/mol. The molecular weight excluding hydrogens is 430 g/mol. The SMILES string of the molecule is CC(=O)Nc1cccc(-n2c(SC(C)C(=O)NCCc3cccs3)nnc2C2CC2)c1. The van der Waals surface area contributed by atoms with Gasteiger partial charge in [0.1, 0.15) is 5.82 Å². The van der Waals surface area contributed by atoms with E-state index in [1.807, 2.05) is 47.2 Å². The zero-order valence-corrected chi connectivity index (χ0v) is 19.1. The minimum Gasteiger partial charge on any atom is -0.355 e. The number of amides is 2. The molecule has 2 aromatic heterocycles. The number of aromatic nitrogens is 3. The Bertz CT molecular complexity index is 1060. The summed E-state index contributed by atoms with van der Waals surface area (Å²) in [7, 11) is 0. The van der Waals surface area contributed by atoms with Crippen LogP contribution < -0.4 is 10.6 Å². The van der Waals surface area contributed by atoms with Crippen molar-refractivity contribution in [2.45, 2.75) is 49.4 Å². The molecule has 0 bridgehead atoms. The third kappa shape index (κ3) is 5.54. The molecule has 4 rings (SSSR count). The van der Waals surface area contributed by atoms with E-state index in [-0.39, 0.29) is 17.1 Å². The van der Waals surface area contributed by atoms with Crippen LogP contribution >= 0.6 is 23.1 Å². The van der Waals surface area contributed by atoms with Crippen LogP contribution in [0.5, 0.6) is 0 Å². The molecule has 1 unspecified atom stereocenters. The maximum Gasteiger partial charge on any atom is 0.233 e. The number of nitrogens with zero attached hydrogens (tertiary/aromatic N) is 3. The van der Waals surface area contributed by atoms with Crippen LogP contribution in [0, 0.1) is 0 Å². The molecular formula is C22H25N5O2S2. The van der Waals surface area contributed by atoms with Crippen LogP contribution in [0.3, 0.4) is 0 Å². The van der Waals surface area contributed by atoms with E-state index in [1.54, 1.807) is 11.3 Å². The summed E-state index contributed by atoms with van der Waals surface area (Å²) in [6.07, 6.45) is 3.01. The van der Waals surface area contributed by atoms with Crippen LogP contribution in [0.4, 0.5) is 5.69 Å². The summed E-state index contributed by atoms with van der Waals surface area (Å²) in [4.78, 5) is 25.3. The summed E-state index contributed by atoms with van der Waals surface area (Å²) in [6.45, 7) is 3.98. The second-order valence-electron chi connectivity index (χ2n) is 7.56. The molecule has 7 nitrogen and oxygen atoms in total. The lowest BCUT2D eigenvalue weighted by molar-refractivity contribution is -0.120. The Morgan fingerprint density at radius 1 is 1.26 bits per heavy atom. The quantitative estimate of drug-likeness (QED) is 0.476. The molecule has 1 aliphatic rings. The van der Waals surface area contributed by atoms with Gasteiger partial charge in [-0.05, 0) is 55.8 Å². The third-order valence-electron chi connectivity index (χ3n) is 4.93. The number of thiophene rings is 1. The molecule has 0 radical (unpaired) electrons. The maximum atomic E-state index is 12.6. The first-order chi connectivity index (χ1) is 15.0. The van der Waals surface area contributed by atoms with Crippen LogP contribution in [0.15, 0.2) is 46.9 Å². The lowest BCUT2D eigenvalue weighted by Crippen LogP contribution is -2.32. The second-order valence-corrected chi connectivity index (χ2v) is 9.90. The van der Waals surface area contributed by atoms with Gasteiger partial charge < -0.3 is 10.6 Å². The van der Waals surface area contributed by atoms with E-state index >= 15 is 0 Å². The Kier molecular flexibility index (Phi) is 6.72. The Morgan fingerprint density at radius 3 is 2.81 bits per heavy atom. The first-order valence-corrected chi connectivity index (χ1v) is 12.1. The lowest BCUT2D eigenvalue weighted by Gasteiger charge is -2.14. The average Bonchev–Trinajstić information content (AvgIpc) is 3.28. The van der Waals surface area contributed by atoms with Crippen LogP contribution in [0.25, 0.3) is 5.69 Å². The Balaban J connectivity index is 1.48. The number of anilines is 1. The van der Waals surface area contributed by atoms with E-state index in [2.05, 4.69) is 26.9 Å². The highest BCUT2D eigenvalue weighted by Gasteiger charge is 2.32. The van der Waals surface area contributed by atoms with Crippen molar-refractivity contribution in [1.82, 2.24) is 20.1 Å². The van der Waals surface area contributed by atoms with Gasteiger partial charge in [-0.15, -0.1) is 21.5 Å². The molecule has 1 saturated carbocycles. The molecule has 0 spiro atoms. The molecule has 1 aromatic carbocycles. The molecule has 1 fully saturated rings. The molecule has 2 heterocycles. The zero-order chi connectivity index (χ0) is 21.8. The fraction of sp³-hybridized carbons (Fsp3) is 0.364. The van der Waals surface area contributed by atoms with Gasteiger partial charge in [-0.1, -0.05) is 23.9 Å². The highest BCUT2D eigenvalue weighted by molar-refractivity contribution is 8.00. The minimum atomic E-state index is -0.308. The lowest BCUT2D eigenvalue weighted by atomic mass is 10.2. The number of carbonyl (C=O) groups is 2. The highest BCUT2D eigenvalue weighted by atomic mass is 32.2. The Labute approximate surface area is 189 Å². The van der Waals surface area contributed by atoms with Crippen molar-refractivity contribution < 1.29 is 9.59 Å². The normalized spacial score (nSPS) is 14.3. The molecule has 162 valence electrons. The van der Waals surface area contributed by atoms with E-state index in [0.717, 1.165) is 36.5 Å². The van der Waals surface area contributed by atoms with Crippen LogP contribution in [-0.4, -0.2) is 38.4 Å². The smallest absolute Gasteiger partial charge is 0.233 e. The predicted molar refractivity (Wildman–Crippen MR) is 124 cm³/mol. The van der Waals surface area contributed by atoms with Gasteiger partial charge in [0.2, 0.25) is 11.8 Å². The van der Waals surface area contributed by atoms with E-state index < -0.39 is 0 Å². The molecule has 1 atom stereocenters. The van der Waals surface area contributed by atoms with E-state index in [9.17, 15) is 9.59 Å². The number of nitrogens with one attached hydrogen (secondary N) is 2. The monoisotopic (exact) mass is 455 g/mol. The van der Waals surface area contributed by atoms with Gasteiger partial charge in [-0.25, -0.2) is 0 Å². The number of rotatable bonds is 9. The number of hydrogen-bond acceptors (Lipinski definition) is 6. The maximum absolute atomic E-state index is 12.6. The van der Waals surface area contributed by atoms with E-state index in [1.165, 1.54) is 23.6 Å². The van der Waals surface area contributed by atoms with Crippen molar-refractivity contribution in [3.8, 4) is 5.69 Å². The van der Waals surface area contributed by atoms with Crippen molar-refractivity contribution in [2.75, 3.05) is 11.9 Å². The second kappa shape index (κ2) is 9.65. The van der Waals surface area contributed by atoms with Crippen molar-refractivity contribution in [2.24, 2.45) is 0 Å². The van der Waals surface area contributed by atoms with Crippen LogP contribution in [-0.2, 0) is 16.0 Å². The summed E-state index contributed by atoms with van der Waals surface area (Å²) in [5, 5.41) is 17.1. The molecule has 1 aliphatic carbocycles. The van der Waals surface area contributed by atoms with Gasteiger partial charge in [0.25, 0.3) is 0 Å². The van der Waals surface area contributed by atoms with Gasteiger partial charge in [-0.2, -0.15) is 0 Å². The molecule has 0 aliphatic heterocycles. The largest absolute Gasteiger partial charge is 0.355 e. The van der Waals surface area contributed by atoms with Gasteiger partial charge >= 0.3 is 0 Å². The van der Waals surface area contributed by atoms with Crippen LogP contribution in [0.2, 0.25) is 0 Å². The number of hydrogen-bond donors (Lipinski definition) is 2. The minimum absolute atomic E-state index is 0.0175. The zero-order valence-electron chi connectivity index (χ0n) is 17.5. The van der Waals surface area contributed by atoms with Gasteiger partial charge in [0.05, 0.1) is 10.9 Å². The Morgan fingerprint density at radius 2 is 2.10 bits per heavy atom. The van der Waals surface area contributed by atoms with Gasteiger partial charge in [0, 0.05) is 30.0 Å². The standard InChI is InChI=1S/C22H25N5O2S2/c1-14(21(29)23-11-10-19-7-4-12-30-19)31-22-26-25-20(16-8-9-16)27(22)18-6-3-5-17(13-18)24-15(2)28/h3-7,12-14,16H,8-11H2,1-2H3,(H,23,29)(H,24,28). The molecule has 31 heavy (non-hydrogen) atoms. The van der Waals surface area contributed by atoms with Crippen molar-refractivity contribution in [1.29, 1.82) is 0 Å². The summed E-state index contributed by atoms with van der Waals surface area (Å²) in [5.74, 6) is 1.16. The fourth-order valence-electron chi connectivity index (χ4n) is 3.25. The molecule has 2 amide bonds. The van der Waals surface area contributed by atoms with Crippen LogP contribution in [0.1, 0.15) is 43.3 Å². The van der Waals surface area contributed by atoms with Gasteiger partial charge in [0.15, 0.2) is 5.16 Å². The van der Waals surface area contributed by atoms with Crippen molar-refractivity contribution in [3.05, 3.63) is 52.5 Å². The third-order valence-corrected chi connectivity index (χ3v) is 6.91. The summed E-state index contributed by atoms with van der Waals surface area (Å²) in [5.41, 5.74) is 1.60. The van der Waals surface area contributed by atoms with E-state index in [4.69, 9.17) is 0 Å². The fourth-order valence-corrected chi connectivity index (χ4v) is 4.86. The molecule has 3 aromatic rings. The topological polar surface area (TPSA) is 88.9 Å². The van der Waals surface area contributed by atoms with Crippen molar-refractivity contribution in [3.63, 3.8) is 0 Å². The highest BCUT2D eigenvalue weighted by Crippen LogP contribution is 2.41. The van der Waals surface area contributed by atoms with Gasteiger partial charge in [-0.3, -0.25) is 14.2 Å². The number of thioether (sulfide) groups is 1. The number of carbonyl (C=O) groups excluding carboxylic acids is 2. The first-order valence-electron chi connectivity index (χ1n) is 10.3. The van der Waals surface area contributed by atoms with E-state index in [0.29, 0.717) is 17.6 Å². The number of benzene rings is 1. The summed E-state index contributed by atoms with van der Waals surface area (Å²) >= 11 is 3.10. The molecule has 0 saturated heterocycles. The summed E-state index contributed by atoms with van der Waals surface area (Å²) < 4.78 is 2.02. The van der Waals surface area contributed by atoms with Crippen molar-refractivity contribution >= 4 is 40.6 Å². The predicted octanol–water partition coefficient (Wildman–Crippen LogP) is 4.00. The molecule has 2 N–H and O–H groups in total. The molecule has 9 heteroatoms. The summed E-state index contributed by atoms with van der Waals surface area (Å²) in [6, 6.07) is 11.7. The first kappa shape index (κ1) is 21.6. The Hall–Kier alpha value is -2.65.